The second-order valence-corrected chi connectivity index (χ2v) is 8.83. The molecule has 4 heterocycles. The molecule has 4 aromatic rings. The van der Waals surface area contributed by atoms with Crippen LogP contribution in [0.2, 0.25) is 0 Å². The summed E-state index contributed by atoms with van der Waals surface area (Å²) in [6.07, 6.45) is 13.3. The molecule has 0 bridgehead atoms. The predicted octanol–water partition coefficient (Wildman–Crippen LogP) is 4.44. The number of rotatable bonds is 5. The first-order valence-corrected chi connectivity index (χ1v) is 11.5. The number of aromatic nitrogens is 4. The van der Waals surface area contributed by atoms with E-state index in [1.165, 1.54) is 59.0 Å². The number of likely N-dealkylation sites (tertiary alicyclic amines) is 1. The van der Waals surface area contributed by atoms with Gasteiger partial charge in [0.15, 0.2) is 0 Å². The molecule has 1 saturated heterocycles. The van der Waals surface area contributed by atoms with Crippen molar-refractivity contribution in [1.82, 2.24) is 24.5 Å². The first kappa shape index (κ1) is 19.3. The highest BCUT2D eigenvalue weighted by Crippen LogP contribution is 2.28. The lowest BCUT2D eigenvalue weighted by molar-refractivity contribution is 0.318. The van der Waals surface area contributed by atoms with Crippen LogP contribution in [0.1, 0.15) is 18.4 Å². The number of anilines is 1. The molecular formula is C26H28N6. The Morgan fingerprint density at radius 2 is 1.69 bits per heavy atom. The van der Waals surface area contributed by atoms with E-state index < -0.39 is 0 Å². The minimum atomic E-state index is 0.853. The van der Waals surface area contributed by atoms with E-state index in [4.69, 9.17) is 0 Å². The van der Waals surface area contributed by atoms with E-state index in [-0.39, 0.29) is 0 Å². The summed E-state index contributed by atoms with van der Waals surface area (Å²) in [4.78, 5) is 4.82. The van der Waals surface area contributed by atoms with Crippen LogP contribution in [-0.4, -0.2) is 50.6 Å². The summed E-state index contributed by atoms with van der Waals surface area (Å²) in [7, 11) is 1.98. The predicted molar refractivity (Wildman–Crippen MR) is 131 cm³/mol. The Morgan fingerprint density at radius 3 is 2.53 bits per heavy atom. The lowest BCUT2D eigenvalue weighted by Gasteiger charge is -2.23. The quantitative estimate of drug-likeness (QED) is 0.475. The summed E-state index contributed by atoms with van der Waals surface area (Å²) < 4.78 is 4.06. The van der Waals surface area contributed by atoms with Crippen LogP contribution >= 0.6 is 0 Å². The molecule has 2 aliphatic heterocycles. The molecule has 6 heteroatoms. The molecule has 0 saturated carbocycles. The molecule has 32 heavy (non-hydrogen) atoms. The number of aryl methyl sites for hydroxylation is 1. The van der Waals surface area contributed by atoms with E-state index in [1.807, 2.05) is 24.1 Å². The molecule has 6 nitrogen and oxygen atoms in total. The molecular weight excluding hydrogens is 396 g/mol. The van der Waals surface area contributed by atoms with Crippen LogP contribution in [0.3, 0.4) is 0 Å². The molecule has 162 valence electrons. The molecule has 1 fully saturated rings. The van der Waals surface area contributed by atoms with Crippen molar-refractivity contribution in [2.45, 2.75) is 19.4 Å². The first-order valence-electron chi connectivity index (χ1n) is 11.5. The highest BCUT2D eigenvalue weighted by Gasteiger charge is 2.14. The Kier molecular flexibility index (Phi) is 4.80. The summed E-state index contributed by atoms with van der Waals surface area (Å²) >= 11 is 0. The van der Waals surface area contributed by atoms with Crippen molar-refractivity contribution in [3.63, 3.8) is 0 Å². The topological polar surface area (TPSA) is 42.1 Å². The van der Waals surface area contributed by atoms with Gasteiger partial charge in [-0.1, -0.05) is 12.1 Å². The van der Waals surface area contributed by atoms with Gasteiger partial charge >= 0.3 is 0 Å². The average Bonchev–Trinajstić information content (AvgIpc) is 3.58. The minimum Gasteiger partial charge on any atom is -0.344 e. The van der Waals surface area contributed by atoms with E-state index in [0.29, 0.717) is 0 Å². The van der Waals surface area contributed by atoms with Crippen molar-refractivity contribution in [3.05, 3.63) is 72.7 Å². The Morgan fingerprint density at radius 1 is 0.875 bits per heavy atom. The van der Waals surface area contributed by atoms with Crippen LogP contribution in [0, 0.1) is 0 Å². The number of allylic oxidation sites excluding steroid dienone is 2. The van der Waals surface area contributed by atoms with Crippen LogP contribution in [0.15, 0.2) is 67.1 Å². The Labute approximate surface area is 188 Å². The van der Waals surface area contributed by atoms with Gasteiger partial charge in [-0.2, -0.15) is 10.2 Å². The number of fused-ring (bicyclic) bond motifs is 2. The van der Waals surface area contributed by atoms with Crippen LogP contribution in [0.25, 0.3) is 27.4 Å². The molecule has 6 rings (SSSR count). The van der Waals surface area contributed by atoms with Crippen molar-refractivity contribution >= 4 is 33.1 Å². The minimum absolute atomic E-state index is 0.853. The monoisotopic (exact) mass is 424 g/mol. The molecule has 0 aliphatic carbocycles. The maximum Gasteiger partial charge on any atom is 0.0684 e. The van der Waals surface area contributed by atoms with Gasteiger partial charge in [-0.15, -0.1) is 0 Å². The fourth-order valence-electron chi connectivity index (χ4n) is 4.92. The average molecular weight is 425 g/mol. The van der Waals surface area contributed by atoms with Crippen LogP contribution in [0.4, 0.5) is 5.69 Å². The molecule has 0 unspecified atom stereocenters. The first-order chi connectivity index (χ1) is 15.7. The number of hydrogen-bond donors (Lipinski definition) is 0. The fourth-order valence-corrected chi connectivity index (χ4v) is 4.92. The van der Waals surface area contributed by atoms with E-state index >= 15 is 0 Å². The Balaban J connectivity index is 1.17. The maximum atomic E-state index is 4.66. The molecule has 0 N–H and O–H groups in total. The number of nitrogens with zero attached hydrogens (tertiary/aromatic N) is 6. The highest BCUT2D eigenvalue weighted by atomic mass is 15.3. The second kappa shape index (κ2) is 7.95. The van der Waals surface area contributed by atoms with Crippen molar-refractivity contribution in [3.8, 4) is 0 Å². The largest absolute Gasteiger partial charge is 0.344 e. The third-order valence-electron chi connectivity index (χ3n) is 6.81. The molecule has 2 aromatic carbocycles. The Bertz CT molecular complexity index is 1340. The van der Waals surface area contributed by atoms with Crippen molar-refractivity contribution < 1.29 is 0 Å². The smallest absolute Gasteiger partial charge is 0.0684 e. The zero-order valence-electron chi connectivity index (χ0n) is 18.5. The van der Waals surface area contributed by atoms with Gasteiger partial charge in [-0.05, 0) is 73.5 Å². The summed E-state index contributed by atoms with van der Waals surface area (Å²) in [6.45, 7) is 5.36. The normalized spacial score (nSPS) is 17.0. The van der Waals surface area contributed by atoms with Gasteiger partial charge in [0.25, 0.3) is 0 Å². The zero-order valence-corrected chi connectivity index (χ0v) is 18.5. The van der Waals surface area contributed by atoms with Crippen molar-refractivity contribution in [2.24, 2.45) is 7.05 Å². The van der Waals surface area contributed by atoms with Crippen molar-refractivity contribution in [1.29, 1.82) is 0 Å². The third kappa shape index (κ3) is 3.50. The summed E-state index contributed by atoms with van der Waals surface area (Å²) in [5.41, 5.74) is 6.06. The van der Waals surface area contributed by atoms with E-state index in [2.05, 4.69) is 79.4 Å². The van der Waals surface area contributed by atoms with Gasteiger partial charge in [0, 0.05) is 42.8 Å². The summed E-state index contributed by atoms with van der Waals surface area (Å²) in [5.74, 6) is 0. The zero-order chi connectivity index (χ0) is 21.5. The van der Waals surface area contributed by atoms with Gasteiger partial charge in [-0.3, -0.25) is 9.36 Å². The highest BCUT2D eigenvalue weighted by molar-refractivity contribution is 5.87. The van der Waals surface area contributed by atoms with Gasteiger partial charge in [-0.25, -0.2) is 0 Å². The standard InChI is InChI=1S/C26H28N6/c1-29-25-6-4-21(16-22(25)18-27-29)20-8-12-31(13-9-20)24-5-7-26-23(17-24)19-28-32(26)15-14-30-10-2-3-11-30/h4-9,12,16-19H,2-3,10-11,13-15H2,1H3. The third-order valence-corrected chi connectivity index (χ3v) is 6.81. The molecule has 0 radical (unpaired) electrons. The van der Waals surface area contributed by atoms with E-state index in [1.54, 1.807) is 0 Å². The second-order valence-electron chi connectivity index (χ2n) is 8.83. The fraction of sp³-hybridized carbons (Fsp3) is 0.308. The van der Waals surface area contributed by atoms with Crippen LogP contribution < -0.4 is 4.90 Å². The van der Waals surface area contributed by atoms with Gasteiger partial charge in [0.05, 0.1) is 30.0 Å². The van der Waals surface area contributed by atoms with E-state index in [0.717, 1.165) is 25.2 Å². The van der Waals surface area contributed by atoms with Gasteiger partial charge in [0.1, 0.15) is 0 Å². The van der Waals surface area contributed by atoms with Crippen LogP contribution in [0.5, 0.6) is 0 Å². The van der Waals surface area contributed by atoms with E-state index in [9.17, 15) is 0 Å². The van der Waals surface area contributed by atoms with Gasteiger partial charge in [0.2, 0.25) is 0 Å². The molecule has 0 amide bonds. The number of hydrogen-bond acceptors (Lipinski definition) is 4. The summed E-state index contributed by atoms with van der Waals surface area (Å²) in [5, 5.41) is 11.4. The lowest BCUT2D eigenvalue weighted by atomic mass is 10.0. The lowest BCUT2D eigenvalue weighted by Crippen LogP contribution is -2.24. The molecule has 2 aliphatic rings. The molecule has 0 spiro atoms. The SMILES string of the molecule is Cn1ncc2cc(C3=CCN(c4ccc5c(cnn5CCN5CCCC5)c4)C=C3)ccc21. The molecule has 0 atom stereocenters. The molecule has 2 aromatic heterocycles. The number of benzene rings is 2. The van der Waals surface area contributed by atoms with Crippen LogP contribution in [-0.2, 0) is 13.6 Å². The Hall–Kier alpha value is -3.38. The van der Waals surface area contributed by atoms with Gasteiger partial charge < -0.3 is 9.80 Å². The maximum absolute atomic E-state index is 4.66. The summed E-state index contributed by atoms with van der Waals surface area (Å²) in [6, 6.07) is 13.2. The van der Waals surface area contributed by atoms with Crippen molar-refractivity contribution in [2.75, 3.05) is 31.1 Å².